The Morgan fingerprint density at radius 3 is 2.90 bits per heavy atom. The second kappa shape index (κ2) is 5.15. The Bertz CT molecular complexity index is 519. The number of likely N-dealkylation sites (tertiary alicyclic amines) is 1. The third kappa shape index (κ3) is 2.13. The lowest BCUT2D eigenvalue weighted by atomic mass is 10.1. The lowest BCUT2D eigenvalue weighted by Gasteiger charge is -2.25. The van der Waals surface area contributed by atoms with Crippen LogP contribution < -0.4 is 5.32 Å². The van der Waals surface area contributed by atoms with Crippen molar-refractivity contribution >= 4 is 17.6 Å². The molecular weight excluding hydrogens is 256 g/mol. The molecule has 0 radical (unpaired) electrons. The van der Waals surface area contributed by atoms with E-state index in [1.54, 1.807) is 4.90 Å². The maximum Gasteiger partial charge on any atom is 0.328 e. The van der Waals surface area contributed by atoms with E-state index >= 15 is 0 Å². The summed E-state index contributed by atoms with van der Waals surface area (Å²) >= 11 is 0. The summed E-state index contributed by atoms with van der Waals surface area (Å²) in [5.41, 5.74) is 2.17. The summed E-state index contributed by atoms with van der Waals surface area (Å²) in [6, 6.07) is 7.24. The molecule has 20 heavy (non-hydrogen) atoms. The zero-order valence-corrected chi connectivity index (χ0v) is 11.5. The molecule has 1 saturated heterocycles. The number of fused-ring (bicyclic) bond motifs is 1. The van der Waals surface area contributed by atoms with Gasteiger partial charge >= 0.3 is 5.97 Å². The quantitative estimate of drug-likeness (QED) is 0.823. The van der Waals surface area contributed by atoms with E-state index in [-0.39, 0.29) is 17.9 Å². The molecule has 1 fully saturated rings. The van der Waals surface area contributed by atoms with Gasteiger partial charge in [-0.15, -0.1) is 0 Å². The molecule has 2 atom stereocenters. The van der Waals surface area contributed by atoms with Gasteiger partial charge in [0.2, 0.25) is 5.91 Å². The van der Waals surface area contributed by atoms with Crippen LogP contribution in [0.5, 0.6) is 0 Å². The minimum absolute atomic E-state index is 0.00546. The number of esters is 1. The molecule has 3 rings (SSSR count). The van der Waals surface area contributed by atoms with Crippen LogP contribution in [0.3, 0.4) is 0 Å². The number of benzene rings is 1. The number of amides is 1. The SMILES string of the molecule is COC(=O)C1CCCN1C(=O)[C@@H]1Cc2ccccc2N1. The van der Waals surface area contributed by atoms with Crippen LogP contribution in [-0.4, -0.2) is 42.5 Å². The van der Waals surface area contributed by atoms with Gasteiger partial charge in [0.05, 0.1) is 7.11 Å². The fraction of sp³-hybridized carbons (Fsp3) is 0.467. The van der Waals surface area contributed by atoms with Crippen molar-refractivity contribution in [3.63, 3.8) is 0 Å². The first kappa shape index (κ1) is 13.0. The van der Waals surface area contributed by atoms with Crippen molar-refractivity contribution in [2.75, 3.05) is 19.0 Å². The van der Waals surface area contributed by atoms with E-state index in [0.29, 0.717) is 19.4 Å². The molecule has 0 spiro atoms. The zero-order chi connectivity index (χ0) is 14.1. The van der Waals surface area contributed by atoms with Gasteiger partial charge in [-0.25, -0.2) is 4.79 Å². The van der Waals surface area contributed by atoms with Crippen LogP contribution >= 0.6 is 0 Å². The van der Waals surface area contributed by atoms with E-state index in [9.17, 15) is 9.59 Å². The molecule has 1 N–H and O–H groups in total. The predicted octanol–water partition coefficient (Wildman–Crippen LogP) is 1.19. The van der Waals surface area contributed by atoms with Gasteiger partial charge in [0.15, 0.2) is 0 Å². The molecule has 5 heteroatoms. The standard InChI is InChI=1S/C15H18N2O3/c1-20-15(19)13-7-4-8-17(13)14(18)12-9-10-5-2-3-6-11(10)16-12/h2-3,5-6,12-13,16H,4,7-9H2,1H3/t12-,13?/m0/s1. The molecule has 1 amide bonds. The number of para-hydroxylation sites is 1. The van der Waals surface area contributed by atoms with E-state index in [2.05, 4.69) is 5.32 Å². The van der Waals surface area contributed by atoms with Crippen molar-refractivity contribution < 1.29 is 14.3 Å². The Balaban J connectivity index is 1.73. The predicted molar refractivity (Wildman–Crippen MR) is 74.3 cm³/mol. The summed E-state index contributed by atoms with van der Waals surface area (Å²) in [7, 11) is 1.37. The topological polar surface area (TPSA) is 58.6 Å². The molecule has 1 unspecified atom stereocenters. The Kier molecular flexibility index (Phi) is 3.34. The lowest BCUT2D eigenvalue weighted by Crippen LogP contribution is -2.47. The molecule has 1 aromatic rings. The van der Waals surface area contributed by atoms with Crippen molar-refractivity contribution in [2.24, 2.45) is 0 Å². The van der Waals surface area contributed by atoms with Gasteiger partial charge in [0, 0.05) is 18.7 Å². The Morgan fingerprint density at radius 2 is 2.15 bits per heavy atom. The van der Waals surface area contributed by atoms with Crippen LogP contribution in [0.15, 0.2) is 24.3 Å². The number of carbonyl (C=O) groups excluding carboxylic acids is 2. The van der Waals surface area contributed by atoms with E-state index in [1.165, 1.54) is 7.11 Å². The summed E-state index contributed by atoms with van der Waals surface area (Å²) in [6.07, 6.45) is 2.22. The smallest absolute Gasteiger partial charge is 0.328 e. The van der Waals surface area contributed by atoms with Crippen LogP contribution in [0.2, 0.25) is 0 Å². The number of hydrogen-bond donors (Lipinski definition) is 1. The minimum atomic E-state index is -0.419. The highest BCUT2D eigenvalue weighted by molar-refractivity contribution is 5.91. The first-order valence-electron chi connectivity index (χ1n) is 6.93. The van der Waals surface area contributed by atoms with Crippen LogP contribution in [0.25, 0.3) is 0 Å². The van der Waals surface area contributed by atoms with Crippen molar-refractivity contribution in [2.45, 2.75) is 31.3 Å². The molecule has 106 valence electrons. The molecule has 0 aliphatic carbocycles. The van der Waals surface area contributed by atoms with Crippen molar-refractivity contribution in [1.82, 2.24) is 4.90 Å². The number of ether oxygens (including phenoxy) is 1. The number of carbonyl (C=O) groups is 2. The van der Waals surface area contributed by atoms with Crippen molar-refractivity contribution in [3.05, 3.63) is 29.8 Å². The van der Waals surface area contributed by atoms with Crippen molar-refractivity contribution in [3.8, 4) is 0 Å². The van der Waals surface area contributed by atoms with E-state index in [4.69, 9.17) is 4.74 Å². The maximum atomic E-state index is 12.6. The van der Waals surface area contributed by atoms with Gasteiger partial charge in [0.25, 0.3) is 0 Å². The second-order valence-corrected chi connectivity index (χ2v) is 5.27. The van der Waals surface area contributed by atoms with Gasteiger partial charge in [-0.2, -0.15) is 0 Å². The molecule has 2 aliphatic rings. The summed E-state index contributed by atoms with van der Waals surface area (Å²) in [5, 5.41) is 3.25. The molecule has 2 heterocycles. The average molecular weight is 274 g/mol. The fourth-order valence-electron chi connectivity index (χ4n) is 3.06. The molecule has 5 nitrogen and oxygen atoms in total. The number of rotatable bonds is 2. The number of anilines is 1. The Labute approximate surface area is 117 Å². The highest BCUT2D eigenvalue weighted by atomic mass is 16.5. The summed E-state index contributed by atoms with van der Waals surface area (Å²) in [6.45, 7) is 0.632. The first-order valence-corrected chi connectivity index (χ1v) is 6.93. The first-order chi connectivity index (χ1) is 9.70. The number of hydrogen-bond acceptors (Lipinski definition) is 4. The summed E-state index contributed by atoms with van der Waals surface area (Å²) in [5.74, 6) is -0.319. The summed E-state index contributed by atoms with van der Waals surface area (Å²) < 4.78 is 4.79. The lowest BCUT2D eigenvalue weighted by molar-refractivity contribution is -0.151. The normalized spacial score (nSPS) is 24.1. The fourth-order valence-corrected chi connectivity index (χ4v) is 3.06. The highest BCUT2D eigenvalue weighted by Gasteiger charge is 2.39. The summed E-state index contributed by atoms with van der Waals surface area (Å²) in [4.78, 5) is 26.0. The van der Waals surface area contributed by atoms with Crippen LogP contribution in [0.4, 0.5) is 5.69 Å². The largest absolute Gasteiger partial charge is 0.467 e. The van der Waals surface area contributed by atoms with Gasteiger partial charge in [0.1, 0.15) is 12.1 Å². The maximum absolute atomic E-state index is 12.6. The van der Waals surface area contributed by atoms with Gasteiger partial charge < -0.3 is 15.0 Å². The van der Waals surface area contributed by atoms with Gasteiger partial charge in [-0.05, 0) is 24.5 Å². The molecule has 0 aromatic heterocycles. The molecule has 2 aliphatic heterocycles. The Hall–Kier alpha value is -2.04. The molecular formula is C15H18N2O3. The third-order valence-electron chi connectivity index (χ3n) is 4.08. The Morgan fingerprint density at radius 1 is 1.35 bits per heavy atom. The highest BCUT2D eigenvalue weighted by Crippen LogP contribution is 2.28. The number of nitrogens with zero attached hydrogens (tertiary/aromatic N) is 1. The number of methoxy groups -OCH3 is 1. The third-order valence-corrected chi connectivity index (χ3v) is 4.08. The van der Waals surface area contributed by atoms with E-state index in [1.807, 2.05) is 24.3 Å². The van der Waals surface area contributed by atoms with Crippen LogP contribution in [-0.2, 0) is 20.7 Å². The molecule has 0 bridgehead atoms. The molecule has 1 aromatic carbocycles. The van der Waals surface area contributed by atoms with Crippen LogP contribution in [0.1, 0.15) is 18.4 Å². The van der Waals surface area contributed by atoms with Crippen LogP contribution in [0, 0.1) is 0 Å². The van der Waals surface area contributed by atoms with E-state index in [0.717, 1.165) is 17.7 Å². The number of nitrogens with one attached hydrogen (secondary N) is 1. The molecule has 0 saturated carbocycles. The average Bonchev–Trinajstić information content (AvgIpc) is 3.11. The van der Waals surface area contributed by atoms with E-state index < -0.39 is 6.04 Å². The van der Waals surface area contributed by atoms with Gasteiger partial charge in [-0.1, -0.05) is 18.2 Å². The monoisotopic (exact) mass is 274 g/mol. The van der Waals surface area contributed by atoms with Gasteiger partial charge in [-0.3, -0.25) is 4.79 Å². The zero-order valence-electron chi connectivity index (χ0n) is 11.5. The van der Waals surface area contributed by atoms with Crippen molar-refractivity contribution in [1.29, 1.82) is 0 Å². The minimum Gasteiger partial charge on any atom is -0.467 e. The second-order valence-electron chi connectivity index (χ2n) is 5.27.